The maximum absolute atomic E-state index is 13.1. The Hall–Kier alpha value is -2.80. The van der Waals surface area contributed by atoms with Crippen LogP contribution >= 0.6 is 11.6 Å². The van der Waals surface area contributed by atoms with Gasteiger partial charge in [-0.15, -0.1) is 0 Å². The predicted molar refractivity (Wildman–Crippen MR) is 130 cm³/mol. The van der Waals surface area contributed by atoms with Crippen molar-refractivity contribution in [3.05, 3.63) is 61.5 Å². The molecule has 1 aromatic carbocycles. The van der Waals surface area contributed by atoms with Gasteiger partial charge in [-0.25, -0.2) is 0 Å². The summed E-state index contributed by atoms with van der Waals surface area (Å²) in [6.07, 6.45) is 2.86. The molecule has 0 spiro atoms. The van der Waals surface area contributed by atoms with Gasteiger partial charge in [0.1, 0.15) is 0 Å². The van der Waals surface area contributed by atoms with E-state index in [1.54, 1.807) is 6.07 Å². The first kappa shape index (κ1) is 24.8. The molecule has 7 nitrogen and oxygen atoms in total. The highest BCUT2D eigenvalue weighted by molar-refractivity contribution is 6.31. The minimum Gasteiger partial charge on any atom is -0.481 e. The van der Waals surface area contributed by atoms with E-state index in [9.17, 15) is 19.5 Å². The molecule has 1 saturated carbocycles. The first-order valence-corrected chi connectivity index (χ1v) is 11.8. The van der Waals surface area contributed by atoms with E-state index < -0.39 is 5.97 Å². The fourth-order valence-electron chi connectivity index (χ4n) is 4.82. The number of carboxylic acid groups (broad SMARTS) is 1. The molecule has 0 aliphatic heterocycles. The van der Waals surface area contributed by atoms with E-state index in [2.05, 4.69) is 22.1 Å². The lowest BCUT2D eigenvalue weighted by Gasteiger charge is -2.38. The number of nitrogens with zero attached hydrogens (tertiary/aromatic N) is 1. The van der Waals surface area contributed by atoms with E-state index in [1.165, 1.54) is 0 Å². The maximum Gasteiger partial charge on any atom is 0.306 e. The Labute approximate surface area is 199 Å². The van der Waals surface area contributed by atoms with E-state index in [1.807, 2.05) is 32.9 Å². The van der Waals surface area contributed by atoms with Crippen LogP contribution in [0.5, 0.6) is 0 Å². The zero-order chi connectivity index (χ0) is 24.3. The number of carbonyl (C=O) groups is 2. The summed E-state index contributed by atoms with van der Waals surface area (Å²) in [6, 6.07) is 5.60. The van der Waals surface area contributed by atoms with Crippen molar-refractivity contribution in [3.8, 4) is 0 Å². The van der Waals surface area contributed by atoms with Crippen LogP contribution in [0.4, 0.5) is 5.69 Å². The van der Waals surface area contributed by atoms with Gasteiger partial charge in [0, 0.05) is 46.7 Å². The van der Waals surface area contributed by atoms with Gasteiger partial charge < -0.3 is 20.3 Å². The summed E-state index contributed by atoms with van der Waals surface area (Å²) in [4.78, 5) is 41.7. The standard InChI is InChI=1S/C25H32ClN3O4/c1-5-29(19-8-6-17(7-9-19)25(32)33)22-12-18(26)11-20(16(22)4)23(30)27-13-21-14(2)10-15(3)28-24(21)31/h10-12,17,19H,5-9,13H2,1-4H3,(H,27,30)(H,28,31)(H,32,33)/t17-,19+. The van der Waals surface area contributed by atoms with E-state index in [0.717, 1.165) is 41.9 Å². The highest BCUT2D eigenvalue weighted by Crippen LogP contribution is 2.34. The average Bonchev–Trinajstić information content (AvgIpc) is 2.75. The lowest BCUT2D eigenvalue weighted by Crippen LogP contribution is -2.40. The van der Waals surface area contributed by atoms with Gasteiger partial charge in [-0.2, -0.15) is 0 Å². The van der Waals surface area contributed by atoms with Crippen molar-refractivity contribution in [2.24, 2.45) is 5.92 Å². The molecule has 0 unspecified atom stereocenters. The molecule has 178 valence electrons. The van der Waals surface area contributed by atoms with Crippen molar-refractivity contribution in [1.29, 1.82) is 0 Å². The van der Waals surface area contributed by atoms with E-state index in [0.29, 0.717) is 29.0 Å². The minimum absolute atomic E-state index is 0.123. The van der Waals surface area contributed by atoms with E-state index >= 15 is 0 Å². The summed E-state index contributed by atoms with van der Waals surface area (Å²) in [5.41, 5.74) is 4.10. The number of halogens is 1. The fraction of sp³-hybridized carbons (Fsp3) is 0.480. The minimum atomic E-state index is -0.725. The highest BCUT2D eigenvalue weighted by atomic mass is 35.5. The van der Waals surface area contributed by atoms with Crippen molar-refractivity contribution in [2.75, 3.05) is 11.4 Å². The summed E-state index contributed by atoms with van der Waals surface area (Å²) in [7, 11) is 0. The van der Waals surface area contributed by atoms with Crippen molar-refractivity contribution < 1.29 is 14.7 Å². The number of H-pyrrole nitrogens is 1. The third kappa shape index (κ3) is 5.58. The van der Waals surface area contributed by atoms with Crippen LogP contribution in [-0.2, 0) is 11.3 Å². The molecule has 1 fully saturated rings. The van der Waals surface area contributed by atoms with Gasteiger partial charge in [-0.1, -0.05) is 11.6 Å². The Morgan fingerprint density at radius 2 is 1.82 bits per heavy atom. The lowest BCUT2D eigenvalue weighted by molar-refractivity contribution is -0.142. The van der Waals surface area contributed by atoms with Crippen LogP contribution < -0.4 is 15.8 Å². The van der Waals surface area contributed by atoms with Crippen LogP contribution in [-0.4, -0.2) is 34.6 Å². The maximum atomic E-state index is 13.1. The van der Waals surface area contributed by atoms with Crippen LogP contribution in [0.25, 0.3) is 0 Å². The summed E-state index contributed by atoms with van der Waals surface area (Å²) >= 11 is 6.42. The zero-order valence-electron chi connectivity index (χ0n) is 19.6. The van der Waals surface area contributed by atoms with E-state index in [-0.39, 0.29) is 30.0 Å². The number of carbonyl (C=O) groups excluding carboxylic acids is 1. The zero-order valence-corrected chi connectivity index (χ0v) is 20.4. The second-order valence-corrected chi connectivity index (χ2v) is 9.29. The Bertz CT molecular complexity index is 1100. The second kappa shape index (κ2) is 10.4. The summed E-state index contributed by atoms with van der Waals surface area (Å²) < 4.78 is 0. The molecular weight excluding hydrogens is 442 g/mol. The number of amides is 1. The number of benzene rings is 1. The van der Waals surface area contributed by atoms with Gasteiger partial charge >= 0.3 is 5.97 Å². The Kier molecular flexibility index (Phi) is 7.84. The SMILES string of the molecule is CCN(c1cc(Cl)cc(C(=O)NCc2c(C)cc(C)[nH]c2=O)c1C)[C@H]1CC[C@@H](C(=O)O)CC1. The first-order chi connectivity index (χ1) is 15.6. The Morgan fingerprint density at radius 3 is 2.39 bits per heavy atom. The molecule has 1 aliphatic carbocycles. The summed E-state index contributed by atoms with van der Waals surface area (Å²) in [5, 5.41) is 12.6. The van der Waals surface area contributed by atoms with E-state index in [4.69, 9.17) is 11.6 Å². The van der Waals surface area contributed by atoms with Crippen LogP contribution in [0.2, 0.25) is 5.02 Å². The van der Waals surface area contributed by atoms with Crippen LogP contribution in [0.3, 0.4) is 0 Å². The van der Waals surface area contributed by atoms with Gasteiger partial charge in [0.15, 0.2) is 0 Å². The number of hydrogen-bond acceptors (Lipinski definition) is 4. The normalized spacial score (nSPS) is 18.1. The molecule has 33 heavy (non-hydrogen) atoms. The number of aryl methyl sites for hydroxylation is 2. The number of aromatic nitrogens is 1. The quantitative estimate of drug-likeness (QED) is 0.554. The van der Waals surface area contributed by atoms with Crippen LogP contribution in [0.15, 0.2) is 23.0 Å². The lowest BCUT2D eigenvalue weighted by atomic mass is 9.85. The molecule has 1 heterocycles. The molecule has 8 heteroatoms. The molecule has 0 atom stereocenters. The Morgan fingerprint density at radius 1 is 1.15 bits per heavy atom. The van der Waals surface area contributed by atoms with Crippen molar-refractivity contribution >= 4 is 29.2 Å². The molecule has 1 amide bonds. The predicted octanol–water partition coefficient (Wildman–Crippen LogP) is 4.35. The number of nitrogens with one attached hydrogen (secondary N) is 2. The smallest absolute Gasteiger partial charge is 0.306 e. The van der Waals surface area contributed by atoms with Crippen molar-refractivity contribution in [1.82, 2.24) is 10.3 Å². The largest absolute Gasteiger partial charge is 0.481 e. The van der Waals surface area contributed by atoms with Crippen molar-refractivity contribution in [2.45, 2.75) is 66.0 Å². The number of aromatic amines is 1. The average molecular weight is 474 g/mol. The summed E-state index contributed by atoms with van der Waals surface area (Å²) in [6.45, 7) is 8.47. The summed E-state index contributed by atoms with van der Waals surface area (Å²) in [5.74, 6) is -1.30. The monoisotopic (exact) mass is 473 g/mol. The second-order valence-electron chi connectivity index (χ2n) is 8.85. The molecule has 3 N–H and O–H groups in total. The number of pyridine rings is 1. The number of carboxylic acids is 1. The fourth-order valence-corrected chi connectivity index (χ4v) is 5.04. The molecule has 0 bridgehead atoms. The number of rotatable bonds is 7. The van der Waals surface area contributed by atoms with Gasteiger partial charge in [-0.05, 0) is 82.7 Å². The molecular formula is C25H32ClN3O4. The van der Waals surface area contributed by atoms with Gasteiger partial charge in [0.05, 0.1) is 5.92 Å². The Balaban J connectivity index is 1.82. The number of anilines is 1. The van der Waals surface area contributed by atoms with Gasteiger partial charge in [-0.3, -0.25) is 14.4 Å². The first-order valence-electron chi connectivity index (χ1n) is 11.4. The number of hydrogen-bond donors (Lipinski definition) is 3. The van der Waals surface area contributed by atoms with Crippen LogP contribution in [0, 0.1) is 26.7 Å². The van der Waals surface area contributed by atoms with Gasteiger partial charge in [0.25, 0.3) is 11.5 Å². The third-order valence-corrected chi connectivity index (χ3v) is 6.86. The van der Waals surface area contributed by atoms with Crippen LogP contribution in [0.1, 0.15) is 65.3 Å². The topological polar surface area (TPSA) is 103 Å². The third-order valence-electron chi connectivity index (χ3n) is 6.65. The molecule has 1 aromatic heterocycles. The molecule has 0 saturated heterocycles. The molecule has 3 rings (SSSR count). The molecule has 2 aromatic rings. The highest BCUT2D eigenvalue weighted by Gasteiger charge is 2.30. The molecule has 0 radical (unpaired) electrons. The van der Waals surface area contributed by atoms with Gasteiger partial charge in [0.2, 0.25) is 0 Å². The molecule has 1 aliphatic rings. The van der Waals surface area contributed by atoms with Crippen molar-refractivity contribution in [3.63, 3.8) is 0 Å². The number of aliphatic carboxylic acids is 1.